The molecule has 0 amide bonds. The van der Waals surface area contributed by atoms with Crippen LogP contribution in [-0.2, 0) is 10.0 Å². The van der Waals surface area contributed by atoms with Gasteiger partial charge in [-0.15, -0.1) is 0 Å². The van der Waals surface area contributed by atoms with Crippen molar-refractivity contribution in [3.05, 3.63) is 35.9 Å². The van der Waals surface area contributed by atoms with Crippen LogP contribution in [-0.4, -0.2) is 45.2 Å². The van der Waals surface area contributed by atoms with E-state index in [-0.39, 0.29) is 0 Å². The fraction of sp³-hybridized carbons (Fsp3) is 0.625. The van der Waals surface area contributed by atoms with Crippen LogP contribution in [0, 0.1) is 0 Å². The van der Waals surface area contributed by atoms with Gasteiger partial charge >= 0.3 is 0 Å². The first kappa shape index (κ1) is 18.1. The minimum absolute atomic E-state index is 0.543. The van der Waals surface area contributed by atoms with Crippen molar-refractivity contribution in [2.24, 2.45) is 0 Å². The quantitative estimate of drug-likeness (QED) is 0.675. The molecule has 0 fully saturated rings. The average Bonchev–Trinajstić information content (AvgIpc) is 2.45. The Kier molecular flexibility index (Phi) is 7.93. The van der Waals surface area contributed by atoms with E-state index in [0.29, 0.717) is 19.0 Å². The maximum Gasteiger partial charge on any atom is 0.211 e. The molecule has 0 heterocycles. The molecule has 0 aliphatic carbocycles. The molecule has 0 bridgehead atoms. The summed E-state index contributed by atoms with van der Waals surface area (Å²) in [5.41, 5.74) is 1.37. The average molecular weight is 312 g/mol. The molecular weight excluding hydrogens is 284 g/mol. The second-order valence-electron chi connectivity index (χ2n) is 5.46. The van der Waals surface area contributed by atoms with Gasteiger partial charge in [0.2, 0.25) is 10.0 Å². The second-order valence-corrected chi connectivity index (χ2v) is 7.44. The molecule has 0 aliphatic rings. The van der Waals surface area contributed by atoms with E-state index in [9.17, 15) is 8.42 Å². The van der Waals surface area contributed by atoms with Gasteiger partial charge in [0.15, 0.2) is 0 Å². The minimum atomic E-state index is -3.05. The molecule has 0 saturated carbocycles. The SMILES string of the molecule is CCN(CCCNCCC(C)c1ccccc1)S(C)(=O)=O. The van der Waals surface area contributed by atoms with Gasteiger partial charge in [-0.1, -0.05) is 44.2 Å². The number of hydrogen-bond acceptors (Lipinski definition) is 3. The van der Waals surface area contributed by atoms with Crippen LogP contribution in [0.15, 0.2) is 30.3 Å². The number of nitrogens with one attached hydrogen (secondary N) is 1. The van der Waals surface area contributed by atoms with Crippen LogP contribution >= 0.6 is 0 Å². The van der Waals surface area contributed by atoms with Crippen molar-refractivity contribution in [1.29, 1.82) is 0 Å². The Labute approximate surface area is 129 Å². The summed E-state index contributed by atoms with van der Waals surface area (Å²) in [6.07, 6.45) is 3.21. The Morgan fingerprint density at radius 2 is 1.86 bits per heavy atom. The van der Waals surface area contributed by atoms with Gasteiger partial charge in [0.1, 0.15) is 0 Å². The summed E-state index contributed by atoms with van der Waals surface area (Å²) >= 11 is 0. The van der Waals surface area contributed by atoms with E-state index in [0.717, 1.165) is 25.9 Å². The van der Waals surface area contributed by atoms with Gasteiger partial charge in [0.25, 0.3) is 0 Å². The molecule has 5 heteroatoms. The summed E-state index contributed by atoms with van der Waals surface area (Å²) in [4.78, 5) is 0. The van der Waals surface area contributed by atoms with Crippen LogP contribution < -0.4 is 5.32 Å². The molecule has 0 aromatic heterocycles. The van der Waals surface area contributed by atoms with Crippen LogP contribution in [0.25, 0.3) is 0 Å². The van der Waals surface area contributed by atoms with E-state index >= 15 is 0 Å². The zero-order valence-corrected chi connectivity index (χ0v) is 14.2. The molecule has 21 heavy (non-hydrogen) atoms. The predicted molar refractivity (Wildman–Crippen MR) is 89.1 cm³/mol. The van der Waals surface area contributed by atoms with Crippen LogP contribution in [0.4, 0.5) is 0 Å². The molecule has 0 spiro atoms. The number of hydrogen-bond donors (Lipinski definition) is 1. The summed E-state index contributed by atoms with van der Waals surface area (Å²) < 4.78 is 24.4. The van der Waals surface area contributed by atoms with Gasteiger partial charge in [-0.05, 0) is 37.4 Å². The maximum atomic E-state index is 11.4. The number of sulfonamides is 1. The highest BCUT2D eigenvalue weighted by molar-refractivity contribution is 7.88. The Balaban J connectivity index is 2.15. The van der Waals surface area contributed by atoms with Crippen molar-refractivity contribution in [2.45, 2.75) is 32.6 Å². The summed E-state index contributed by atoms with van der Waals surface area (Å²) in [6.45, 7) is 7.06. The Morgan fingerprint density at radius 3 is 2.43 bits per heavy atom. The standard InChI is InChI=1S/C16H28N2O2S/c1-4-18(21(3,19)20)14-8-12-17-13-11-15(2)16-9-6-5-7-10-16/h5-7,9-10,15,17H,4,8,11-14H2,1-3H3. The van der Waals surface area contributed by atoms with Gasteiger partial charge in [-0.2, -0.15) is 0 Å². The fourth-order valence-corrected chi connectivity index (χ4v) is 3.26. The van der Waals surface area contributed by atoms with E-state index in [4.69, 9.17) is 0 Å². The number of benzene rings is 1. The van der Waals surface area contributed by atoms with Gasteiger partial charge in [0.05, 0.1) is 6.26 Å². The smallest absolute Gasteiger partial charge is 0.211 e. The van der Waals surface area contributed by atoms with Crippen molar-refractivity contribution in [3.63, 3.8) is 0 Å². The van der Waals surface area contributed by atoms with E-state index in [1.807, 2.05) is 13.0 Å². The van der Waals surface area contributed by atoms with Gasteiger partial charge in [0, 0.05) is 13.1 Å². The molecule has 120 valence electrons. The lowest BCUT2D eigenvalue weighted by molar-refractivity contribution is 0.418. The van der Waals surface area contributed by atoms with Crippen molar-refractivity contribution in [1.82, 2.24) is 9.62 Å². The van der Waals surface area contributed by atoms with Crippen LogP contribution in [0.2, 0.25) is 0 Å². The molecule has 0 radical (unpaired) electrons. The number of rotatable bonds is 10. The van der Waals surface area contributed by atoms with Gasteiger partial charge < -0.3 is 5.32 Å². The normalized spacial score (nSPS) is 13.5. The van der Waals surface area contributed by atoms with Crippen LogP contribution in [0.5, 0.6) is 0 Å². The van der Waals surface area contributed by atoms with Crippen molar-refractivity contribution in [2.75, 3.05) is 32.4 Å². The molecular formula is C16H28N2O2S. The molecule has 1 rings (SSSR count). The molecule has 1 unspecified atom stereocenters. The second kappa shape index (κ2) is 9.18. The zero-order valence-electron chi connectivity index (χ0n) is 13.4. The molecule has 4 nitrogen and oxygen atoms in total. The van der Waals surface area contributed by atoms with Crippen LogP contribution in [0.3, 0.4) is 0 Å². The third-order valence-electron chi connectivity index (χ3n) is 3.71. The van der Waals surface area contributed by atoms with Crippen molar-refractivity contribution < 1.29 is 8.42 Å². The Bertz CT molecular complexity index is 488. The molecule has 0 aliphatic heterocycles. The van der Waals surface area contributed by atoms with Gasteiger partial charge in [-0.3, -0.25) is 0 Å². The molecule has 1 aromatic carbocycles. The highest BCUT2D eigenvalue weighted by Gasteiger charge is 2.12. The van der Waals surface area contributed by atoms with E-state index in [1.165, 1.54) is 16.1 Å². The van der Waals surface area contributed by atoms with Crippen molar-refractivity contribution in [3.8, 4) is 0 Å². The predicted octanol–water partition coefficient (Wildman–Crippen LogP) is 2.44. The van der Waals surface area contributed by atoms with E-state index < -0.39 is 10.0 Å². The van der Waals surface area contributed by atoms with E-state index in [1.54, 1.807) is 0 Å². The highest BCUT2D eigenvalue weighted by atomic mass is 32.2. The first-order valence-corrected chi connectivity index (χ1v) is 9.50. The monoisotopic (exact) mass is 312 g/mol. The number of nitrogens with zero attached hydrogens (tertiary/aromatic N) is 1. The lowest BCUT2D eigenvalue weighted by Crippen LogP contribution is -2.32. The molecule has 0 saturated heterocycles. The Hall–Kier alpha value is -0.910. The summed E-state index contributed by atoms with van der Waals surface area (Å²) in [5.74, 6) is 0.543. The zero-order chi connectivity index (χ0) is 15.7. The first-order valence-electron chi connectivity index (χ1n) is 7.66. The molecule has 1 N–H and O–H groups in total. The van der Waals surface area contributed by atoms with Crippen LogP contribution in [0.1, 0.15) is 38.2 Å². The first-order chi connectivity index (χ1) is 9.95. The summed E-state index contributed by atoms with van der Waals surface area (Å²) in [5, 5.41) is 3.40. The third-order valence-corrected chi connectivity index (χ3v) is 5.08. The Morgan fingerprint density at radius 1 is 1.19 bits per heavy atom. The van der Waals surface area contributed by atoms with Gasteiger partial charge in [-0.25, -0.2) is 12.7 Å². The topological polar surface area (TPSA) is 49.4 Å². The summed E-state index contributed by atoms with van der Waals surface area (Å²) in [7, 11) is -3.05. The lowest BCUT2D eigenvalue weighted by Gasteiger charge is -2.18. The van der Waals surface area contributed by atoms with E-state index in [2.05, 4.69) is 36.5 Å². The molecule has 1 aromatic rings. The highest BCUT2D eigenvalue weighted by Crippen LogP contribution is 2.17. The maximum absolute atomic E-state index is 11.4. The largest absolute Gasteiger partial charge is 0.317 e. The minimum Gasteiger partial charge on any atom is -0.317 e. The lowest BCUT2D eigenvalue weighted by atomic mass is 9.98. The molecule has 1 atom stereocenters. The third kappa shape index (κ3) is 7.07. The fourth-order valence-electron chi connectivity index (χ4n) is 2.33. The van der Waals surface area contributed by atoms with Crippen molar-refractivity contribution >= 4 is 10.0 Å². The summed E-state index contributed by atoms with van der Waals surface area (Å²) in [6, 6.07) is 10.5.